The first-order chi connectivity index (χ1) is 11.3. The van der Waals surface area contributed by atoms with Gasteiger partial charge < -0.3 is 15.8 Å². The van der Waals surface area contributed by atoms with Gasteiger partial charge >= 0.3 is 0 Å². The molecule has 0 aliphatic carbocycles. The van der Waals surface area contributed by atoms with Crippen molar-refractivity contribution in [1.82, 2.24) is 14.9 Å². The fraction of sp³-hybridized carbons (Fsp3) is 0.412. The van der Waals surface area contributed by atoms with E-state index in [0.717, 1.165) is 68.6 Å². The van der Waals surface area contributed by atoms with Crippen LogP contribution in [0.5, 0.6) is 0 Å². The zero-order valence-corrected chi connectivity index (χ0v) is 13.2. The minimum absolute atomic E-state index is 0.749. The number of morpholine rings is 1. The van der Waals surface area contributed by atoms with Gasteiger partial charge in [-0.1, -0.05) is 12.1 Å². The second-order valence-corrected chi connectivity index (χ2v) is 5.65. The Morgan fingerprint density at radius 1 is 1.13 bits per heavy atom. The second-order valence-electron chi connectivity index (χ2n) is 5.65. The van der Waals surface area contributed by atoms with Gasteiger partial charge in [-0.15, -0.1) is 0 Å². The van der Waals surface area contributed by atoms with Crippen molar-refractivity contribution in [2.75, 3.05) is 50.4 Å². The highest BCUT2D eigenvalue weighted by Crippen LogP contribution is 2.18. The summed E-state index contributed by atoms with van der Waals surface area (Å²) in [7, 11) is 0. The van der Waals surface area contributed by atoms with Crippen LogP contribution in [-0.4, -0.2) is 54.3 Å². The second kappa shape index (κ2) is 7.89. The van der Waals surface area contributed by atoms with Crippen LogP contribution in [0.3, 0.4) is 0 Å². The highest BCUT2D eigenvalue weighted by molar-refractivity contribution is 5.62. The Hall–Kier alpha value is -2.18. The van der Waals surface area contributed by atoms with Gasteiger partial charge in [0.15, 0.2) is 0 Å². The van der Waals surface area contributed by atoms with E-state index in [1.165, 1.54) is 0 Å². The number of nitrogens with two attached hydrogens (primary N) is 1. The van der Waals surface area contributed by atoms with Gasteiger partial charge in [-0.25, -0.2) is 4.98 Å². The topological polar surface area (TPSA) is 76.3 Å². The summed E-state index contributed by atoms with van der Waals surface area (Å²) in [6, 6.07) is 7.67. The summed E-state index contributed by atoms with van der Waals surface area (Å²) in [5.41, 5.74) is 8.33. The van der Waals surface area contributed by atoms with Crippen molar-refractivity contribution in [3.05, 3.63) is 36.7 Å². The summed E-state index contributed by atoms with van der Waals surface area (Å²) in [6.45, 7) is 5.74. The van der Waals surface area contributed by atoms with Crippen LogP contribution in [0.15, 0.2) is 36.7 Å². The number of rotatable bonds is 6. The number of nitrogens with zero attached hydrogens (tertiary/aromatic N) is 3. The van der Waals surface area contributed by atoms with Crippen LogP contribution in [0, 0.1) is 0 Å². The Labute approximate surface area is 136 Å². The van der Waals surface area contributed by atoms with Crippen molar-refractivity contribution >= 4 is 11.5 Å². The van der Waals surface area contributed by atoms with E-state index in [4.69, 9.17) is 10.5 Å². The molecule has 1 aliphatic rings. The third-order valence-corrected chi connectivity index (χ3v) is 3.90. The van der Waals surface area contributed by atoms with Gasteiger partial charge in [0, 0.05) is 30.9 Å². The Balaban J connectivity index is 1.50. The predicted molar refractivity (Wildman–Crippen MR) is 92.2 cm³/mol. The SMILES string of the molecule is Nc1ccc(-c2cncc(NCCCN3CCOCC3)n2)cc1. The van der Waals surface area contributed by atoms with Crippen LogP contribution >= 0.6 is 0 Å². The molecule has 0 atom stereocenters. The molecule has 0 amide bonds. The highest BCUT2D eigenvalue weighted by atomic mass is 16.5. The van der Waals surface area contributed by atoms with E-state index in [1.807, 2.05) is 24.3 Å². The molecule has 1 aromatic carbocycles. The quantitative estimate of drug-likeness (QED) is 0.626. The third kappa shape index (κ3) is 4.64. The number of nitrogens with one attached hydrogen (secondary N) is 1. The molecule has 2 aromatic rings. The van der Waals surface area contributed by atoms with Crippen LogP contribution in [0.25, 0.3) is 11.3 Å². The lowest BCUT2D eigenvalue weighted by molar-refractivity contribution is 0.0378. The summed E-state index contributed by atoms with van der Waals surface area (Å²) in [6.07, 6.45) is 4.60. The lowest BCUT2D eigenvalue weighted by Crippen LogP contribution is -2.37. The molecule has 0 radical (unpaired) electrons. The number of aromatic nitrogens is 2. The molecule has 0 spiro atoms. The molecular weight excluding hydrogens is 290 g/mol. The third-order valence-electron chi connectivity index (χ3n) is 3.90. The number of hydrogen-bond acceptors (Lipinski definition) is 6. The normalized spacial score (nSPS) is 15.5. The molecule has 6 heteroatoms. The van der Waals surface area contributed by atoms with Crippen molar-refractivity contribution in [3.63, 3.8) is 0 Å². The van der Waals surface area contributed by atoms with Gasteiger partial charge in [0.25, 0.3) is 0 Å². The molecule has 2 heterocycles. The molecule has 0 bridgehead atoms. The van der Waals surface area contributed by atoms with Gasteiger partial charge in [0.2, 0.25) is 0 Å². The monoisotopic (exact) mass is 313 g/mol. The van der Waals surface area contributed by atoms with E-state index in [0.29, 0.717) is 0 Å². The summed E-state index contributed by atoms with van der Waals surface area (Å²) in [4.78, 5) is 11.3. The van der Waals surface area contributed by atoms with Crippen LogP contribution in [-0.2, 0) is 4.74 Å². The van der Waals surface area contributed by atoms with E-state index in [1.54, 1.807) is 12.4 Å². The van der Waals surface area contributed by atoms with Crippen LogP contribution < -0.4 is 11.1 Å². The molecule has 3 rings (SSSR count). The number of nitrogen functional groups attached to an aromatic ring is 1. The van der Waals surface area contributed by atoms with Crippen molar-refractivity contribution < 1.29 is 4.74 Å². The lowest BCUT2D eigenvalue weighted by Gasteiger charge is -2.26. The first kappa shape index (κ1) is 15.7. The summed E-state index contributed by atoms with van der Waals surface area (Å²) >= 11 is 0. The van der Waals surface area contributed by atoms with Crippen molar-refractivity contribution in [2.45, 2.75) is 6.42 Å². The molecule has 122 valence electrons. The first-order valence-corrected chi connectivity index (χ1v) is 8.03. The van der Waals surface area contributed by atoms with Crippen LogP contribution in [0.2, 0.25) is 0 Å². The molecule has 1 saturated heterocycles. The van der Waals surface area contributed by atoms with Crippen LogP contribution in [0.1, 0.15) is 6.42 Å². The van der Waals surface area contributed by atoms with E-state index in [9.17, 15) is 0 Å². The minimum Gasteiger partial charge on any atom is -0.399 e. The average molecular weight is 313 g/mol. The number of ether oxygens (including phenoxy) is 1. The number of anilines is 2. The predicted octanol–water partition coefficient (Wildman–Crippen LogP) is 1.86. The van der Waals surface area contributed by atoms with E-state index in [2.05, 4.69) is 20.2 Å². The molecule has 1 aliphatic heterocycles. The Morgan fingerprint density at radius 2 is 1.91 bits per heavy atom. The Morgan fingerprint density at radius 3 is 2.70 bits per heavy atom. The van der Waals surface area contributed by atoms with Crippen molar-refractivity contribution in [1.29, 1.82) is 0 Å². The smallest absolute Gasteiger partial charge is 0.145 e. The first-order valence-electron chi connectivity index (χ1n) is 8.03. The highest BCUT2D eigenvalue weighted by Gasteiger charge is 2.09. The van der Waals surface area contributed by atoms with Gasteiger partial charge in [0.05, 0.1) is 31.3 Å². The molecule has 3 N–H and O–H groups in total. The standard InChI is InChI=1S/C17H23N5O/c18-15-4-2-14(3-5-15)16-12-19-13-17(21-16)20-6-1-7-22-8-10-23-11-9-22/h2-5,12-13H,1,6-11,18H2,(H,20,21). The molecule has 6 nitrogen and oxygen atoms in total. The maximum Gasteiger partial charge on any atom is 0.145 e. The average Bonchev–Trinajstić information content (AvgIpc) is 2.61. The van der Waals surface area contributed by atoms with E-state index in [-0.39, 0.29) is 0 Å². The summed E-state index contributed by atoms with van der Waals surface area (Å²) in [5, 5.41) is 3.35. The van der Waals surface area contributed by atoms with Gasteiger partial charge in [-0.2, -0.15) is 0 Å². The molecule has 1 aromatic heterocycles. The molecule has 1 fully saturated rings. The molecular formula is C17H23N5O. The molecule has 0 saturated carbocycles. The molecule has 23 heavy (non-hydrogen) atoms. The van der Waals surface area contributed by atoms with Gasteiger partial charge in [-0.3, -0.25) is 9.88 Å². The summed E-state index contributed by atoms with van der Waals surface area (Å²) < 4.78 is 5.35. The maximum absolute atomic E-state index is 5.72. The lowest BCUT2D eigenvalue weighted by atomic mass is 10.1. The zero-order valence-electron chi connectivity index (χ0n) is 13.2. The van der Waals surface area contributed by atoms with Crippen molar-refractivity contribution in [3.8, 4) is 11.3 Å². The Kier molecular flexibility index (Phi) is 5.39. The van der Waals surface area contributed by atoms with E-state index < -0.39 is 0 Å². The molecule has 0 unspecified atom stereocenters. The van der Waals surface area contributed by atoms with Gasteiger partial charge in [-0.05, 0) is 25.1 Å². The maximum atomic E-state index is 5.72. The van der Waals surface area contributed by atoms with E-state index >= 15 is 0 Å². The van der Waals surface area contributed by atoms with Crippen molar-refractivity contribution in [2.24, 2.45) is 0 Å². The number of hydrogen-bond donors (Lipinski definition) is 2. The summed E-state index contributed by atoms with van der Waals surface area (Å²) in [5.74, 6) is 0.807. The fourth-order valence-corrected chi connectivity index (χ4v) is 2.59. The zero-order chi connectivity index (χ0) is 15.9. The van der Waals surface area contributed by atoms with Crippen LogP contribution in [0.4, 0.5) is 11.5 Å². The fourth-order valence-electron chi connectivity index (χ4n) is 2.59. The Bertz CT molecular complexity index is 611. The largest absolute Gasteiger partial charge is 0.399 e. The van der Waals surface area contributed by atoms with Gasteiger partial charge in [0.1, 0.15) is 5.82 Å². The minimum atomic E-state index is 0.749. The number of benzene rings is 1.